The summed E-state index contributed by atoms with van der Waals surface area (Å²) in [5, 5.41) is 58.4. The molecule has 0 bridgehead atoms. The predicted octanol–water partition coefficient (Wildman–Crippen LogP) is -3.00. The van der Waals surface area contributed by atoms with Crippen LogP contribution >= 0.6 is 0 Å². The van der Waals surface area contributed by atoms with E-state index in [0.717, 1.165) is 14.1 Å². The van der Waals surface area contributed by atoms with Gasteiger partial charge >= 0.3 is 0 Å². The van der Waals surface area contributed by atoms with Gasteiger partial charge in [0.2, 0.25) is 33.3 Å². The average molecular weight is 460 g/mol. The van der Waals surface area contributed by atoms with Crippen molar-refractivity contribution in [1.29, 1.82) is 0 Å². The number of nitrogens with zero attached hydrogens (tertiary/aromatic N) is 12. The van der Waals surface area contributed by atoms with Gasteiger partial charge in [-0.25, -0.2) is 60.7 Å². The molecule has 0 fully saturated rings. The zero-order valence-corrected chi connectivity index (χ0v) is 15.8. The van der Waals surface area contributed by atoms with E-state index in [4.69, 9.17) is 0 Å². The molecule has 0 amide bonds. The normalized spacial score (nSPS) is 9.87. The zero-order chi connectivity index (χ0) is 24.5. The first kappa shape index (κ1) is 26.2. The highest BCUT2D eigenvalue weighted by molar-refractivity contribution is 4.46. The minimum Gasteiger partial charge on any atom is -0.235 e. The molecule has 0 rings (SSSR count). The van der Waals surface area contributed by atoms with Crippen molar-refractivity contribution >= 4 is 0 Å². The Balaban J connectivity index is 5.53. The van der Waals surface area contributed by atoms with Crippen LogP contribution in [0.5, 0.6) is 0 Å². The standard InChI is InChI=1S/C7H16N12O12/c1-8(14(20)21)3-10(16(24)25)5-12(18(28)29)7-13(19(30)31)6-11(17(26)27)4-9(2)15(22)23/h3-7H2,1-2H3. The van der Waals surface area contributed by atoms with Crippen molar-refractivity contribution in [3.8, 4) is 0 Å². The molecule has 0 unspecified atom stereocenters. The summed E-state index contributed by atoms with van der Waals surface area (Å²) in [6.45, 7) is -6.07. The van der Waals surface area contributed by atoms with E-state index in [2.05, 4.69) is 0 Å². The van der Waals surface area contributed by atoms with E-state index in [1.165, 1.54) is 0 Å². The van der Waals surface area contributed by atoms with Gasteiger partial charge in [0, 0.05) is 0 Å². The van der Waals surface area contributed by atoms with Gasteiger partial charge in [0.25, 0.3) is 0 Å². The molecule has 0 radical (unpaired) electrons. The minimum absolute atomic E-state index is 0.0183. The van der Waals surface area contributed by atoms with Crippen molar-refractivity contribution in [2.45, 2.75) is 0 Å². The summed E-state index contributed by atoms with van der Waals surface area (Å²) in [7, 11) is 1.63. The van der Waals surface area contributed by atoms with Gasteiger partial charge in [0.15, 0.2) is 30.2 Å². The van der Waals surface area contributed by atoms with E-state index in [0.29, 0.717) is 0 Å². The van der Waals surface area contributed by atoms with Crippen LogP contribution in [0, 0.1) is 60.7 Å². The maximum Gasteiger partial charge on any atom is 0.212 e. The SMILES string of the molecule is CN(CN(CN(CN(CN(CN(C)[N+](=O)[O-])[N+](=O)[O-])[N+](=O)[O-])[N+](=O)[O-])[N+](=O)[O-])[N+](=O)[O-]. The Morgan fingerprint density at radius 2 is 0.613 bits per heavy atom. The van der Waals surface area contributed by atoms with Gasteiger partial charge < -0.3 is 0 Å². The van der Waals surface area contributed by atoms with E-state index < -0.39 is 63.5 Å². The molecule has 0 heterocycles. The van der Waals surface area contributed by atoms with E-state index in [9.17, 15) is 60.7 Å². The molecule has 0 aromatic heterocycles. The highest BCUT2D eigenvalue weighted by atomic mass is 16.7. The number of hydrogen-bond acceptors (Lipinski definition) is 12. The zero-order valence-electron chi connectivity index (χ0n) is 15.8. The molecular formula is C7H16N12O12. The van der Waals surface area contributed by atoms with Crippen molar-refractivity contribution in [3.63, 3.8) is 0 Å². The Morgan fingerprint density at radius 3 is 0.774 bits per heavy atom. The fourth-order valence-corrected chi connectivity index (χ4v) is 1.73. The van der Waals surface area contributed by atoms with Gasteiger partial charge in [-0.1, -0.05) is 20.0 Å². The Labute approximate surface area is 169 Å². The Kier molecular flexibility index (Phi) is 9.52. The van der Waals surface area contributed by atoms with Crippen LogP contribution in [0.25, 0.3) is 0 Å². The molecule has 0 aromatic carbocycles. The quantitative estimate of drug-likeness (QED) is 0.126. The molecule has 0 aromatic rings. The molecule has 0 saturated heterocycles. The predicted molar refractivity (Wildman–Crippen MR) is 89.2 cm³/mol. The number of nitro groups is 6. The van der Waals surface area contributed by atoms with Crippen LogP contribution in [-0.2, 0) is 0 Å². The minimum atomic E-state index is -1.36. The lowest BCUT2D eigenvalue weighted by Gasteiger charge is -2.24. The Bertz CT molecular complexity index is 660. The molecule has 0 spiro atoms. The third-order valence-corrected chi connectivity index (χ3v) is 3.20. The summed E-state index contributed by atoms with van der Waals surface area (Å²) in [6.07, 6.45) is 0. The number of hydrazine groups is 6. The molecule has 176 valence electrons. The summed E-state index contributed by atoms with van der Waals surface area (Å²) >= 11 is 0. The van der Waals surface area contributed by atoms with Gasteiger partial charge in [0.05, 0.1) is 14.1 Å². The lowest BCUT2D eigenvalue weighted by atomic mass is 10.7. The van der Waals surface area contributed by atoms with Crippen LogP contribution in [0.4, 0.5) is 0 Å². The van der Waals surface area contributed by atoms with Crippen LogP contribution in [0.3, 0.4) is 0 Å². The third kappa shape index (κ3) is 8.83. The molecule has 0 aliphatic carbocycles. The maximum atomic E-state index is 11.2. The van der Waals surface area contributed by atoms with Crippen LogP contribution in [-0.4, -0.2) is 108 Å². The second-order valence-electron chi connectivity index (χ2n) is 5.48. The average Bonchev–Trinajstić information content (AvgIpc) is 2.63. The molecule has 0 aliphatic rings. The molecule has 24 nitrogen and oxygen atoms in total. The van der Waals surface area contributed by atoms with E-state index >= 15 is 0 Å². The fraction of sp³-hybridized carbons (Fsp3) is 1.00. The lowest BCUT2D eigenvalue weighted by molar-refractivity contribution is -0.760. The van der Waals surface area contributed by atoms with Crippen molar-refractivity contribution in [2.75, 3.05) is 47.4 Å². The Hall–Kier alpha value is -4.80. The summed E-state index contributed by atoms with van der Waals surface area (Å²) in [5.41, 5.74) is 0. The molecule has 31 heavy (non-hydrogen) atoms. The summed E-state index contributed by atoms with van der Waals surface area (Å²) in [4.78, 5) is 65.5. The van der Waals surface area contributed by atoms with Gasteiger partial charge in [-0.3, -0.25) is 0 Å². The van der Waals surface area contributed by atoms with E-state index in [1.807, 2.05) is 0 Å². The second kappa shape index (κ2) is 11.3. The lowest BCUT2D eigenvalue weighted by Crippen LogP contribution is -2.55. The first-order chi connectivity index (χ1) is 14.2. The summed E-state index contributed by atoms with van der Waals surface area (Å²) in [6, 6.07) is 0. The van der Waals surface area contributed by atoms with Gasteiger partial charge in [-0.15, -0.1) is 10.0 Å². The monoisotopic (exact) mass is 460 g/mol. The summed E-state index contributed by atoms with van der Waals surface area (Å²) in [5.74, 6) is 0. The van der Waals surface area contributed by atoms with Crippen molar-refractivity contribution in [1.82, 2.24) is 30.1 Å². The summed E-state index contributed by atoms with van der Waals surface area (Å²) < 4.78 is 0. The largest absolute Gasteiger partial charge is 0.235 e. The van der Waals surface area contributed by atoms with Crippen molar-refractivity contribution in [2.24, 2.45) is 0 Å². The van der Waals surface area contributed by atoms with Crippen molar-refractivity contribution in [3.05, 3.63) is 60.7 Å². The van der Waals surface area contributed by atoms with Crippen molar-refractivity contribution < 1.29 is 30.2 Å². The maximum absolute atomic E-state index is 11.2. The van der Waals surface area contributed by atoms with E-state index in [-0.39, 0.29) is 30.1 Å². The molecular weight excluding hydrogens is 444 g/mol. The van der Waals surface area contributed by atoms with Gasteiger partial charge in [-0.2, -0.15) is 0 Å². The van der Waals surface area contributed by atoms with Crippen LogP contribution in [0.15, 0.2) is 0 Å². The smallest absolute Gasteiger partial charge is 0.212 e. The van der Waals surface area contributed by atoms with Crippen LogP contribution in [0.2, 0.25) is 0 Å². The van der Waals surface area contributed by atoms with Crippen LogP contribution < -0.4 is 0 Å². The molecule has 0 N–H and O–H groups in total. The topological polar surface area (TPSA) is 278 Å². The highest BCUT2D eigenvalue weighted by Gasteiger charge is 2.35. The van der Waals surface area contributed by atoms with Gasteiger partial charge in [-0.05, 0) is 0 Å². The second-order valence-corrected chi connectivity index (χ2v) is 5.48. The van der Waals surface area contributed by atoms with E-state index in [1.54, 1.807) is 0 Å². The number of hydrogen-bond donors (Lipinski definition) is 0. The highest BCUT2D eigenvalue weighted by Crippen LogP contribution is 2.04. The molecule has 0 aliphatic heterocycles. The first-order valence-electron chi connectivity index (χ1n) is 7.45. The molecule has 24 heteroatoms. The first-order valence-corrected chi connectivity index (χ1v) is 7.45. The Morgan fingerprint density at radius 1 is 0.419 bits per heavy atom. The van der Waals surface area contributed by atoms with Gasteiger partial charge in [0.1, 0.15) is 0 Å². The molecule has 0 saturated carbocycles. The number of rotatable bonds is 16. The molecule has 0 atom stereocenters. The van der Waals surface area contributed by atoms with Crippen LogP contribution in [0.1, 0.15) is 0 Å². The third-order valence-electron chi connectivity index (χ3n) is 3.20. The fourth-order valence-electron chi connectivity index (χ4n) is 1.73.